The molecule has 0 bridgehead atoms. The number of rotatable bonds is 4. The lowest BCUT2D eigenvalue weighted by molar-refractivity contribution is -0.137. The largest absolute Gasteiger partial charge is 0.510 e. The number of carbonyl (C=O) groups is 2. The molecule has 21 heavy (non-hydrogen) atoms. The lowest BCUT2D eigenvalue weighted by atomic mass is 10.0. The van der Waals surface area contributed by atoms with E-state index in [1.807, 2.05) is 0 Å². The molecule has 1 heterocycles. The number of carbonyl (C=O) groups excluding carboxylic acids is 1. The second-order valence-electron chi connectivity index (χ2n) is 4.33. The zero-order valence-corrected chi connectivity index (χ0v) is 10.8. The first-order valence-electron chi connectivity index (χ1n) is 6.59. The molecule has 1 aromatic carbocycles. The number of benzene rings is 1. The van der Waals surface area contributed by atoms with Crippen molar-refractivity contribution in [3.05, 3.63) is 53.2 Å². The minimum Gasteiger partial charge on any atom is -0.510 e. The summed E-state index contributed by atoms with van der Waals surface area (Å²) in [4.78, 5) is 26.3. The van der Waals surface area contributed by atoms with Gasteiger partial charge in [-0.2, -0.15) is 0 Å². The van der Waals surface area contributed by atoms with Crippen LogP contribution in [0.4, 0.5) is 4.39 Å². The third-order valence-electron chi connectivity index (χ3n) is 2.77. The van der Waals surface area contributed by atoms with Crippen molar-refractivity contribution < 1.29 is 25.6 Å². The normalized spacial score (nSPS) is 17.8. The number of carboxylic acids is 1. The van der Waals surface area contributed by atoms with Gasteiger partial charge in [-0.1, -0.05) is 12.1 Å². The van der Waals surface area contributed by atoms with Gasteiger partial charge >= 0.3 is 5.97 Å². The van der Waals surface area contributed by atoms with Crippen LogP contribution in [0.2, 0.25) is 0 Å². The molecule has 0 saturated heterocycles. The van der Waals surface area contributed by atoms with E-state index < -0.39 is 29.4 Å². The fourth-order valence-electron chi connectivity index (χ4n) is 1.75. The second kappa shape index (κ2) is 6.13. The molecule has 0 atom stereocenters. The van der Waals surface area contributed by atoms with Crippen LogP contribution < -0.4 is 0 Å². The van der Waals surface area contributed by atoms with Gasteiger partial charge in [0.2, 0.25) is 5.78 Å². The summed E-state index contributed by atoms with van der Waals surface area (Å²) in [6.45, 7) is 0. The Kier molecular flexibility index (Phi) is 3.86. The predicted molar refractivity (Wildman–Crippen MR) is 74.4 cm³/mol. The van der Waals surface area contributed by atoms with Crippen LogP contribution >= 0.6 is 0 Å². The topological polar surface area (TPSA) is 87.0 Å². The van der Waals surface area contributed by atoms with Gasteiger partial charge in [0.25, 0.3) is 0 Å². The molecule has 6 heteroatoms. The van der Waals surface area contributed by atoms with E-state index in [2.05, 4.69) is 4.99 Å². The molecule has 0 fully saturated rings. The molecular weight excluding hydrogens is 277 g/mol. The Bertz CT molecular complexity index is 737. The van der Waals surface area contributed by atoms with Gasteiger partial charge in [0.1, 0.15) is 17.3 Å². The lowest BCUT2D eigenvalue weighted by Crippen LogP contribution is -2.09. The zero-order valence-electron chi connectivity index (χ0n) is 11.8. The smallest absolute Gasteiger partial charge is 0.303 e. The molecule has 5 nitrogen and oxygen atoms in total. The number of ketones is 1. The van der Waals surface area contributed by atoms with Crippen molar-refractivity contribution in [3.8, 4) is 0 Å². The monoisotopic (exact) mass is 290 g/mol. The molecule has 0 saturated carbocycles. The number of allylic oxidation sites excluding steroid dienone is 3. The molecule has 0 unspecified atom stereocenters. The Morgan fingerprint density at radius 1 is 1.33 bits per heavy atom. The number of aliphatic hydroxyl groups excluding tert-OH is 1. The van der Waals surface area contributed by atoms with Gasteiger partial charge in [0.05, 0.1) is 7.79 Å². The quantitative estimate of drug-likeness (QED) is 0.659. The van der Waals surface area contributed by atoms with Crippen molar-refractivity contribution >= 4 is 23.5 Å². The van der Waals surface area contributed by atoms with Gasteiger partial charge in [0, 0.05) is 18.2 Å². The van der Waals surface area contributed by atoms with Crippen molar-refractivity contribution in [2.75, 3.05) is 0 Å². The van der Waals surface area contributed by atoms with E-state index in [1.54, 1.807) is 0 Å². The SMILES string of the molecule is [2H]C1=C(c2cccc(F)c2)C=NC(=C(O)CCC(=O)O)C1=O. The summed E-state index contributed by atoms with van der Waals surface area (Å²) < 4.78 is 21.0. The van der Waals surface area contributed by atoms with Crippen LogP contribution in [0.3, 0.4) is 0 Å². The van der Waals surface area contributed by atoms with Gasteiger partial charge in [-0.25, -0.2) is 9.38 Å². The fourth-order valence-corrected chi connectivity index (χ4v) is 1.75. The highest BCUT2D eigenvalue weighted by Crippen LogP contribution is 2.21. The minimum atomic E-state index is -1.12. The first-order chi connectivity index (χ1) is 10.4. The van der Waals surface area contributed by atoms with Gasteiger partial charge in [-0.3, -0.25) is 9.59 Å². The van der Waals surface area contributed by atoms with Crippen LogP contribution in [0.15, 0.2) is 46.8 Å². The maximum atomic E-state index is 13.2. The van der Waals surface area contributed by atoms with Gasteiger partial charge in [0.15, 0.2) is 0 Å². The van der Waals surface area contributed by atoms with E-state index in [-0.39, 0.29) is 24.1 Å². The summed E-state index contributed by atoms with van der Waals surface area (Å²) in [5.74, 6) is -2.94. The van der Waals surface area contributed by atoms with Crippen LogP contribution in [0.1, 0.15) is 19.8 Å². The molecule has 108 valence electrons. The average molecular weight is 290 g/mol. The summed E-state index contributed by atoms with van der Waals surface area (Å²) >= 11 is 0. The third kappa shape index (κ3) is 3.62. The fraction of sp³-hybridized carbons (Fsp3) is 0.133. The van der Waals surface area contributed by atoms with Crippen LogP contribution in [0.5, 0.6) is 0 Å². The molecule has 1 aliphatic heterocycles. The Morgan fingerprint density at radius 2 is 2.10 bits per heavy atom. The Labute approximate surface area is 121 Å². The first kappa shape index (κ1) is 13.2. The number of hydrogen-bond acceptors (Lipinski definition) is 4. The molecule has 1 aliphatic rings. The number of aliphatic carboxylic acids is 1. The van der Waals surface area contributed by atoms with Crippen molar-refractivity contribution in [3.63, 3.8) is 0 Å². The minimum absolute atomic E-state index is 0.138. The zero-order chi connectivity index (χ0) is 16.3. The predicted octanol–water partition coefficient (Wildman–Crippen LogP) is 2.50. The standard InChI is InChI=1S/C15H12FNO4/c16-11-3-1-2-9(6-11)10-7-13(19)15(17-8-10)12(18)4-5-14(20)21/h1-3,6-8,18H,4-5H2,(H,20,21)/i7D. The molecule has 0 aliphatic carbocycles. The van der Waals surface area contributed by atoms with Crippen LogP contribution in [0, 0.1) is 5.82 Å². The highest BCUT2D eigenvalue weighted by atomic mass is 19.1. The summed E-state index contributed by atoms with van der Waals surface area (Å²) in [7, 11) is 0. The number of dihydropyridines is 1. The molecule has 0 aromatic heterocycles. The van der Waals surface area contributed by atoms with Gasteiger partial charge in [-0.05, 0) is 23.7 Å². The van der Waals surface area contributed by atoms with E-state index in [9.17, 15) is 19.1 Å². The molecule has 2 rings (SSSR count). The van der Waals surface area contributed by atoms with Crippen LogP contribution in [-0.2, 0) is 9.59 Å². The summed E-state index contributed by atoms with van der Waals surface area (Å²) in [6.07, 6.45) is 0.576. The van der Waals surface area contributed by atoms with Gasteiger partial charge < -0.3 is 10.2 Å². The van der Waals surface area contributed by atoms with E-state index in [4.69, 9.17) is 6.48 Å². The van der Waals surface area contributed by atoms with Crippen molar-refractivity contribution in [2.45, 2.75) is 12.8 Å². The summed E-state index contributed by atoms with van der Waals surface area (Å²) in [5.41, 5.74) is 0.108. The van der Waals surface area contributed by atoms with Crippen LogP contribution in [0.25, 0.3) is 5.57 Å². The van der Waals surface area contributed by atoms with E-state index in [0.29, 0.717) is 5.56 Å². The lowest BCUT2D eigenvalue weighted by Gasteiger charge is -2.10. The molecule has 1 aromatic rings. The first-order valence-corrected chi connectivity index (χ1v) is 6.09. The maximum Gasteiger partial charge on any atom is 0.303 e. The molecule has 0 spiro atoms. The molecular formula is C15H12FNO4. The summed E-state index contributed by atoms with van der Waals surface area (Å²) in [5, 5.41) is 18.3. The van der Waals surface area contributed by atoms with Crippen molar-refractivity contribution in [2.24, 2.45) is 4.99 Å². The van der Waals surface area contributed by atoms with Crippen LogP contribution in [-0.4, -0.2) is 28.2 Å². The Balaban J connectivity index is 2.33. The van der Waals surface area contributed by atoms with E-state index >= 15 is 0 Å². The maximum absolute atomic E-state index is 13.2. The van der Waals surface area contributed by atoms with Gasteiger partial charge in [-0.15, -0.1) is 0 Å². The van der Waals surface area contributed by atoms with Crippen molar-refractivity contribution in [1.29, 1.82) is 0 Å². The molecule has 0 amide bonds. The molecule has 0 radical (unpaired) electrons. The number of carboxylic acid groups (broad SMARTS) is 1. The highest BCUT2D eigenvalue weighted by Gasteiger charge is 2.18. The number of aliphatic hydroxyl groups is 1. The Hall–Kier alpha value is -2.76. The molecule has 2 N–H and O–H groups in total. The highest BCUT2D eigenvalue weighted by molar-refractivity contribution is 6.23. The number of aliphatic imine (C=N–C) groups is 1. The van der Waals surface area contributed by atoms with Crippen molar-refractivity contribution in [1.82, 2.24) is 0 Å². The van der Waals surface area contributed by atoms with E-state index in [0.717, 1.165) is 0 Å². The average Bonchev–Trinajstić information content (AvgIpc) is 2.47. The summed E-state index contributed by atoms with van der Waals surface area (Å²) in [6, 6.07) is 4.95. The Morgan fingerprint density at radius 3 is 2.76 bits per heavy atom. The third-order valence-corrected chi connectivity index (χ3v) is 2.77. The second-order valence-corrected chi connectivity index (χ2v) is 4.33. The number of nitrogens with zero attached hydrogens (tertiary/aromatic N) is 1. The van der Waals surface area contributed by atoms with E-state index in [1.165, 1.54) is 30.5 Å². The number of halogens is 1. The number of hydrogen-bond donors (Lipinski definition) is 2.